The predicted octanol–water partition coefficient (Wildman–Crippen LogP) is 4.17. The standard InChI is InChI=1S/C17H22BrNO/c18-14-9-7-13(8-10-14)12-19-11-3-5-16(19)15-4-1-2-6-17(15)20/h7-10,15-16H,1-6,11-12H2. The van der Waals surface area contributed by atoms with Gasteiger partial charge < -0.3 is 0 Å². The van der Waals surface area contributed by atoms with E-state index in [1.165, 1.54) is 24.8 Å². The van der Waals surface area contributed by atoms with Gasteiger partial charge in [-0.2, -0.15) is 0 Å². The van der Waals surface area contributed by atoms with Gasteiger partial charge in [0.2, 0.25) is 0 Å². The fourth-order valence-corrected chi connectivity index (χ4v) is 4.01. The summed E-state index contributed by atoms with van der Waals surface area (Å²) < 4.78 is 1.13. The zero-order valence-electron chi connectivity index (χ0n) is 11.9. The van der Waals surface area contributed by atoms with Crippen LogP contribution in [-0.4, -0.2) is 23.3 Å². The normalized spacial score (nSPS) is 27.9. The summed E-state index contributed by atoms with van der Waals surface area (Å²) in [7, 11) is 0. The smallest absolute Gasteiger partial charge is 0.137 e. The lowest BCUT2D eigenvalue weighted by Gasteiger charge is -2.33. The molecule has 3 rings (SSSR count). The van der Waals surface area contributed by atoms with Crippen molar-refractivity contribution in [3.05, 3.63) is 34.3 Å². The third-order valence-electron chi connectivity index (χ3n) is 4.78. The third-order valence-corrected chi connectivity index (χ3v) is 5.31. The van der Waals surface area contributed by atoms with E-state index in [2.05, 4.69) is 45.1 Å². The largest absolute Gasteiger partial charge is 0.299 e. The van der Waals surface area contributed by atoms with Crippen molar-refractivity contribution in [3.8, 4) is 0 Å². The van der Waals surface area contributed by atoms with Crippen molar-refractivity contribution in [2.24, 2.45) is 5.92 Å². The highest BCUT2D eigenvalue weighted by Crippen LogP contribution is 2.33. The molecule has 1 aromatic carbocycles. The van der Waals surface area contributed by atoms with Gasteiger partial charge in [0.1, 0.15) is 5.78 Å². The summed E-state index contributed by atoms with van der Waals surface area (Å²) in [6.07, 6.45) is 6.71. The molecule has 2 fully saturated rings. The number of carbonyl (C=O) groups is 1. The number of ketones is 1. The van der Waals surface area contributed by atoms with E-state index in [1.54, 1.807) is 0 Å². The second kappa shape index (κ2) is 6.40. The quantitative estimate of drug-likeness (QED) is 0.826. The van der Waals surface area contributed by atoms with Crippen LogP contribution >= 0.6 is 15.9 Å². The number of carbonyl (C=O) groups excluding carboxylic acids is 1. The molecule has 1 saturated heterocycles. The molecule has 3 heteroatoms. The minimum Gasteiger partial charge on any atom is -0.299 e. The first-order valence-electron chi connectivity index (χ1n) is 7.75. The Morgan fingerprint density at radius 3 is 2.65 bits per heavy atom. The number of halogens is 1. The van der Waals surface area contributed by atoms with Gasteiger partial charge in [-0.1, -0.05) is 34.5 Å². The Kier molecular flexibility index (Phi) is 4.57. The highest BCUT2D eigenvalue weighted by atomic mass is 79.9. The van der Waals surface area contributed by atoms with E-state index < -0.39 is 0 Å². The van der Waals surface area contributed by atoms with Crippen molar-refractivity contribution < 1.29 is 4.79 Å². The zero-order chi connectivity index (χ0) is 13.9. The molecule has 1 aromatic rings. The van der Waals surface area contributed by atoms with Crippen LogP contribution in [0.3, 0.4) is 0 Å². The van der Waals surface area contributed by atoms with E-state index in [0.717, 1.165) is 36.8 Å². The van der Waals surface area contributed by atoms with Crippen LogP contribution in [0, 0.1) is 5.92 Å². The maximum Gasteiger partial charge on any atom is 0.137 e. The number of hydrogen-bond donors (Lipinski definition) is 0. The molecule has 2 nitrogen and oxygen atoms in total. The van der Waals surface area contributed by atoms with Crippen LogP contribution < -0.4 is 0 Å². The Hall–Kier alpha value is -0.670. The Morgan fingerprint density at radius 2 is 1.90 bits per heavy atom. The molecule has 20 heavy (non-hydrogen) atoms. The molecule has 1 heterocycles. The molecule has 1 aliphatic heterocycles. The molecule has 1 saturated carbocycles. The average Bonchev–Trinajstić information content (AvgIpc) is 2.90. The Bertz CT molecular complexity index is 470. The number of benzene rings is 1. The van der Waals surface area contributed by atoms with Crippen molar-refractivity contribution >= 4 is 21.7 Å². The monoisotopic (exact) mass is 335 g/mol. The zero-order valence-corrected chi connectivity index (χ0v) is 13.4. The Morgan fingerprint density at radius 1 is 1.10 bits per heavy atom. The van der Waals surface area contributed by atoms with Crippen molar-refractivity contribution in [1.82, 2.24) is 4.90 Å². The van der Waals surface area contributed by atoms with Gasteiger partial charge in [-0.25, -0.2) is 0 Å². The second-order valence-electron chi connectivity index (χ2n) is 6.13. The molecule has 2 atom stereocenters. The van der Waals surface area contributed by atoms with Crippen LogP contribution in [0.15, 0.2) is 28.7 Å². The summed E-state index contributed by atoms with van der Waals surface area (Å²) in [5, 5.41) is 0. The lowest BCUT2D eigenvalue weighted by atomic mass is 9.82. The van der Waals surface area contributed by atoms with Crippen molar-refractivity contribution in [1.29, 1.82) is 0 Å². The minimum atomic E-state index is 0.307. The molecule has 1 aliphatic carbocycles. The molecular formula is C17H22BrNO. The average molecular weight is 336 g/mol. The fraction of sp³-hybridized carbons (Fsp3) is 0.588. The van der Waals surface area contributed by atoms with Gasteiger partial charge in [0.05, 0.1) is 0 Å². The second-order valence-corrected chi connectivity index (χ2v) is 7.04. The molecule has 2 unspecified atom stereocenters. The van der Waals surface area contributed by atoms with Gasteiger partial charge in [-0.3, -0.25) is 9.69 Å². The van der Waals surface area contributed by atoms with E-state index in [9.17, 15) is 4.79 Å². The maximum absolute atomic E-state index is 12.2. The molecule has 2 aliphatic rings. The van der Waals surface area contributed by atoms with Gasteiger partial charge in [-0.15, -0.1) is 0 Å². The lowest BCUT2D eigenvalue weighted by Crippen LogP contribution is -2.40. The van der Waals surface area contributed by atoms with E-state index in [4.69, 9.17) is 0 Å². The van der Waals surface area contributed by atoms with Gasteiger partial charge in [0.25, 0.3) is 0 Å². The first kappa shape index (κ1) is 14.3. The fourth-order valence-electron chi connectivity index (χ4n) is 3.75. The summed E-state index contributed by atoms with van der Waals surface area (Å²) in [4.78, 5) is 14.7. The van der Waals surface area contributed by atoms with Gasteiger partial charge in [0.15, 0.2) is 0 Å². The summed E-state index contributed by atoms with van der Waals surface area (Å²) in [5.74, 6) is 0.825. The van der Waals surface area contributed by atoms with Crippen LogP contribution in [0.4, 0.5) is 0 Å². The number of nitrogens with zero attached hydrogens (tertiary/aromatic N) is 1. The first-order valence-corrected chi connectivity index (χ1v) is 8.54. The van der Waals surface area contributed by atoms with Gasteiger partial charge in [0, 0.05) is 29.4 Å². The maximum atomic E-state index is 12.2. The number of likely N-dealkylation sites (tertiary alicyclic amines) is 1. The van der Waals surface area contributed by atoms with Crippen LogP contribution in [0.2, 0.25) is 0 Å². The van der Waals surface area contributed by atoms with Gasteiger partial charge in [-0.05, 0) is 49.9 Å². The minimum absolute atomic E-state index is 0.307. The molecule has 0 bridgehead atoms. The van der Waals surface area contributed by atoms with Crippen molar-refractivity contribution in [2.45, 2.75) is 51.1 Å². The molecule has 0 radical (unpaired) electrons. The summed E-state index contributed by atoms with van der Waals surface area (Å²) >= 11 is 3.48. The molecular weight excluding hydrogens is 314 g/mol. The lowest BCUT2D eigenvalue weighted by molar-refractivity contribution is -0.126. The highest BCUT2D eigenvalue weighted by Gasteiger charge is 2.36. The number of rotatable bonds is 3. The predicted molar refractivity (Wildman–Crippen MR) is 84.5 cm³/mol. The molecule has 0 spiro atoms. The highest BCUT2D eigenvalue weighted by molar-refractivity contribution is 9.10. The first-order chi connectivity index (χ1) is 9.74. The summed E-state index contributed by atoms with van der Waals surface area (Å²) in [6, 6.07) is 9.06. The van der Waals surface area contributed by atoms with E-state index in [-0.39, 0.29) is 0 Å². The molecule has 0 N–H and O–H groups in total. The van der Waals surface area contributed by atoms with Crippen molar-refractivity contribution in [3.63, 3.8) is 0 Å². The number of hydrogen-bond acceptors (Lipinski definition) is 2. The summed E-state index contributed by atoms with van der Waals surface area (Å²) in [6.45, 7) is 2.13. The van der Waals surface area contributed by atoms with Crippen LogP contribution in [0.25, 0.3) is 0 Å². The third kappa shape index (κ3) is 3.15. The molecule has 0 aromatic heterocycles. The number of Topliss-reactive ketones (excluding diaryl/α,β-unsaturated/α-hetero) is 1. The topological polar surface area (TPSA) is 20.3 Å². The van der Waals surface area contributed by atoms with Crippen molar-refractivity contribution in [2.75, 3.05) is 6.54 Å². The Labute approximate surface area is 129 Å². The Balaban J connectivity index is 1.68. The molecule has 108 valence electrons. The van der Waals surface area contributed by atoms with Crippen LogP contribution in [-0.2, 0) is 11.3 Å². The SMILES string of the molecule is O=C1CCCCC1C1CCCN1Cc1ccc(Br)cc1. The molecule has 0 amide bonds. The summed E-state index contributed by atoms with van der Waals surface area (Å²) in [5.41, 5.74) is 1.35. The van der Waals surface area contributed by atoms with E-state index in [0.29, 0.717) is 17.7 Å². The van der Waals surface area contributed by atoms with Gasteiger partial charge >= 0.3 is 0 Å². The van der Waals surface area contributed by atoms with Crippen LogP contribution in [0.1, 0.15) is 44.1 Å². The van der Waals surface area contributed by atoms with Crippen LogP contribution in [0.5, 0.6) is 0 Å². The van der Waals surface area contributed by atoms with E-state index in [1.807, 2.05) is 0 Å². The van der Waals surface area contributed by atoms with E-state index >= 15 is 0 Å².